The van der Waals surface area contributed by atoms with Crippen LogP contribution in [0.5, 0.6) is 5.75 Å². The molecule has 32 heavy (non-hydrogen) atoms. The molecule has 3 aromatic rings. The lowest BCUT2D eigenvalue weighted by molar-refractivity contribution is -0.141. The summed E-state index contributed by atoms with van der Waals surface area (Å²) in [5, 5.41) is 12.5. The van der Waals surface area contributed by atoms with Crippen molar-refractivity contribution in [3.8, 4) is 5.75 Å². The van der Waals surface area contributed by atoms with Gasteiger partial charge < -0.3 is 19.7 Å². The summed E-state index contributed by atoms with van der Waals surface area (Å²) in [6.07, 6.45) is 5.52. The quantitative estimate of drug-likeness (QED) is 0.325. The zero-order valence-corrected chi connectivity index (χ0v) is 18.4. The highest BCUT2D eigenvalue weighted by Gasteiger charge is 2.50. The maximum atomic E-state index is 13.3. The van der Waals surface area contributed by atoms with Gasteiger partial charge in [-0.1, -0.05) is 42.6 Å². The van der Waals surface area contributed by atoms with Crippen LogP contribution in [0, 0.1) is 0 Å². The van der Waals surface area contributed by atoms with Crippen molar-refractivity contribution in [2.24, 2.45) is 0 Å². The number of aliphatic hydroxyl groups excluding tert-OH is 1. The number of fused-ring (bicyclic) bond motifs is 1. The van der Waals surface area contributed by atoms with Gasteiger partial charge in [-0.3, -0.25) is 9.59 Å². The Kier molecular flexibility index (Phi) is 5.18. The molecule has 0 radical (unpaired) electrons. The van der Waals surface area contributed by atoms with Crippen LogP contribution in [0.25, 0.3) is 16.7 Å². The molecule has 1 aliphatic heterocycles. The molecule has 0 spiro atoms. The minimum atomic E-state index is -0.698. The Morgan fingerprint density at radius 2 is 1.91 bits per heavy atom. The topological polar surface area (TPSA) is 82.6 Å². The van der Waals surface area contributed by atoms with Crippen LogP contribution >= 0.6 is 11.6 Å². The summed E-state index contributed by atoms with van der Waals surface area (Å²) in [5.41, 5.74) is 2.01. The maximum absolute atomic E-state index is 13.3. The number of aromatic amines is 1. The monoisotopic (exact) mass is 450 g/mol. The Bertz CT molecular complexity index is 1260. The second-order valence-corrected chi connectivity index (χ2v) is 8.69. The fourth-order valence-corrected chi connectivity index (χ4v) is 5.20. The van der Waals surface area contributed by atoms with E-state index in [1.54, 1.807) is 23.1 Å². The van der Waals surface area contributed by atoms with Crippen molar-refractivity contribution in [3.05, 3.63) is 70.4 Å². The number of carbonyl (C=O) groups is 2. The van der Waals surface area contributed by atoms with Gasteiger partial charge in [0.05, 0.1) is 23.7 Å². The second kappa shape index (κ2) is 8.02. The number of benzene rings is 2. The van der Waals surface area contributed by atoms with Crippen LogP contribution in [0.4, 0.5) is 0 Å². The molecular weight excluding hydrogens is 428 g/mol. The number of rotatable bonds is 4. The van der Waals surface area contributed by atoms with Crippen molar-refractivity contribution in [2.45, 2.75) is 37.8 Å². The van der Waals surface area contributed by atoms with Crippen LogP contribution in [0.15, 0.2) is 54.2 Å². The summed E-state index contributed by atoms with van der Waals surface area (Å²) in [5.74, 6) is -1.07. The van der Waals surface area contributed by atoms with Crippen LogP contribution in [0.1, 0.15) is 42.9 Å². The summed E-state index contributed by atoms with van der Waals surface area (Å²) in [4.78, 5) is 31.5. The lowest BCUT2D eigenvalue weighted by atomic mass is 9.94. The molecule has 1 atom stereocenters. The number of aliphatic hydroxyl groups is 1. The van der Waals surface area contributed by atoms with Gasteiger partial charge in [-0.05, 0) is 37.1 Å². The summed E-state index contributed by atoms with van der Waals surface area (Å²) in [6.45, 7) is 0. The van der Waals surface area contributed by atoms with Gasteiger partial charge in [0, 0.05) is 34.3 Å². The average molecular weight is 451 g/mol. The van der Waals surface area contributed by atoms with Gasteiger partial charge in [0.1, 0.15) is 11.5 Å². The first-order valence-corrected chi connectivity index (χ1v) is 11.1. The molecule has 1 saturated carbocycles. The minimum Gasteiger partial charge on any atom is -0.507 e. The van der Waals surface area contributed by atoms with Gasteiger partial charge in [-0.15, -0.1) is 0 Å². The van der Waals surface area contributed by atoms with E-state index >= 15 is 0 Å². The standard InChI is InChI=1S/C25H23ClN2O4/c1-32-15-10-11-19(26)17(12-15)23(29)21-22(18-13-27-20-9-5-4-8-16(18)20)28(25(31)24(21)30)14-6-2-3-7-14/h4-5,8-14,22,27,29H,2-3,6-7H2,1H3/b23-21+. The Labute approximate surface area is 190 Å². The van der Waals surface area contributed by atoms with Crippen molar-refractivity contribution >= 4 is 40.0 Å². The fourth-order valence-electron chi connectivity index (χ4n) is 4.99. The molecule has 1 saturated heterocycles. The number of hydrogen-bond donors (Lipinski definition) is 2. The van der Waals surface area contributed by atoms with E-state index in [0.717, 1.165) is 42.1 Å². The fraction of sp³-hybridized carbons (Fsp3) is 0.280. The highest BCUT2D eigenvalue weighted by molar-refractivity contribution is 6.47. The number of halogens is 1. The summed E-state index contributed by atoms with van der Waals surface area (Å²) >= 11 is 6.38. The molecule has 7 heteroatoms. The number of hydrogen-bond acceptors (Lipinski definition) is 4. The van der Waals surface area contributed by atoms with Crippen molar-refractivity contribution < 1.29 is 19.4 Å². The van der Waals surface area contributed by atoms with E-state index in [1.165, 1.54) is 7.11 Å². The predicted molar refractivity (Wildman–Crippen MR) is 123 cm³/mol. The van der Waals surface area contributed by atoms with E-state index in [9.17, 15) is 14.7 Å². The van der Waals surface area contributed by atoms with E-state index in [2.05, 4.69) is 4.98 Å². The number of likely N-dealkylation sites (tertiary alicyclic amines) is 1. The van der Waals surface area contributed by atoms with Crippen molar-refractivity contribution in [3.63, 3.8) is 0 Å². The van der Waals surface area contributed by atoms with Gasteiger partial charge in [-0.25, -0.2) is 0 Å². The summed E-state index contributed by atoms with van der Waals surface area (Å²) in [6, 6.07) is 11.8. The number of Topliss-reactive ketones (excluding diaryl/α,β-unsaturated/α-hetero) is 1. The molecule has 5 rings (SSSR count). The second-order valence-electron chi connectivity index (χ2n) is 8.28. The lowest BCUT2D eigenvalue weighted by Gasteiger charge is -2.30. The van der Waals surface area contributed by atoms with Gasteiger partial charge in [0.2, 0.25) is 0 Å². The number of methoxy groups -OCH3 is 1. The molecule has 1 aromatic heterocycles. The number of H-pyrrole nitrogens is 1. The molecule has 1 aliphatic carbocycles. The maximum Gasteiger partial charge on any atom is 0.295 e. The summed E-state index contributed by atoms with van der Waals surface area (Å²) < 4.78 is 5.27. The first kappa shape index (κ1) is 20.6. The Morgan fingerprint density at radius 3 is 2.66 bits per heavy atom. The van der Waals surface area contributed by atoms with Crippen molar-refractivity contribution in [1.29, 1.82) is 0 Å². The van der Waals surface area contributed by atoms with Crippen molar-refractivity contribution in [2.75, 3.05) is 7.11 Å². The number of carbonyl (C=O) groups excluding carboxylic acids is 2. The van der Waals surface area contributed by atoms with Crippen LogP contribution in [0.2, 0.25) is 5.02 Å². The zero-order chi connectivity index (χ0) is 22.4. The Morgan fingerprint density at radius 1 is 1.16 bits per heavy atom. The number of aromatic nitrogens is 1. The third-order valence-corrected chi connectivity index (χ3v) is 6.87. The number of amides is 1. The van der Waals surface area contributed by atoms with E-state index in [4.69, 9.17) is 16.3 Å². The number of ketones is 1. The van der Waals surface area contributed by atoms with E-state index < -0.39 is 17.7 Å². The predicted octanol–water partition coefficient (Wildman–Crippen LogP) is 5.19. The third kappa shape index (κ3) is 3.17. The first-order chi connectivity index (χ1) is 15.5. The smallest absolute Gasteiger partial charge is 0.295 e. The minimum absolute atomic E-state index is 0.0452. The molecule has 2 heterocycles. The lowest BCUT2D eigenvalue weighted by Crippen LogP contribution is -2.37. The number of para-hydroxylation sites is 1. The van der Waals surface area contributed by atoms with Crippen LogP contribution in [0.3, 0.4) is 0 Å². The van der Waals surface area contributed by atoms with Gasteiger partial charge >= 0.3 is 0 Å². The van der Waals surface area contributed by atoms with Gasteiger partial charge in [-0.2, -0.15) is 0 Å². The molecular formula is C25H23ClN2O4. The van der Waals surface area contributed by atoms with E-state index in [1.807, 2.05) is 30.5 Å². The zero-order valence-electron chi connectivity index (χ0n) is 17.6. The van der Waals surface area contributed by atoms with Crippen LogP contribution < -0.4 is 4.74 Å². The normalized spacial score (nSPS) is 21.1. The highest BCUT2D eigenvalue weighted by atomic mass is 35.5. The van der Waals surface area contributed by atoms with Crippen molar-refractivity contribution in [1.82, 2.24) is 9.88 Å². The number of nitrogens with one attached hydrogen (secondary N) is 1. The Hall–Kier alpha value is -3.25. The highest BCUT2D eigenvalue weighted by Crippen LogP contribution is 2.46. The molecule has 2 N–H and O–H groups in total. The molecule has 1 amide bonds. The van der Waals surface area contributed by atoms with E-state index in [0.29, 0.717) is 5.75 Å². The number of nitrogens with zero attached hydrogens (tertiary/aromatic N) is 1. The van der Waals surface area contributed by atoms with Crippen LogP contribution in [-0.2, 0) is 9.59 Å². The average Bonchev–Trinajstić information content (AvgIpc) is 3.53. The summed E-state index contributed by atoms with van der Waals surface area (Å²) in [7, 11) is 1.51. The van der Waals surface area contributed by atoms with E-state index in [-0.39, 0.29) is 28.0 Å². The molecule has 6 nitrogen and oxygen atoms in total. The molecule has 164 valence electrons. The van der Waals surface area contributed by atoms with Gasteiger partial charge in [0.25, 0.3) is 11.7 Å². The Balaban J connectivity index is 1.75. The van der Waals surface area contributed by atoms with Gasteiger partial charge in [0.15, 0.2) is 0 Å². The molecule has 1 unspecified atom stereocenters. The molecule has 2 aromatic carbocycles. The number of ether oxygens (including phenoxy) is 1. The third-order valence-electron chi connectivity index (χ3n) is 6.54. The largest absolute Gasteiger partial charge is 0.507 e. The van der Waals surface area contributed by atoms with Crippen LogP contribution in [-0.4, -0.2) is 39.8 Å². The molecule has 2 aliphatic rings. The first-order valence-electron chi connectivity index (χ1n) is 10.7. The molecule has 0 bridgehead atoms. The molecule has 2 fully saturated rings. The SMILES string of the molecule is COc1ccc(Cl)c(/C(O)=C2\C(=O)C(=O)N(C3CCCC3)C2c2c[nH]c3ccccc23)c1.